The molecule has 1 amide bonds. The molecule has 0 unspecified atom stereocenters. The van der Waals surface area contributed by atoms with Crippen molar-refractivity contribution in [2.75, 3.05) is 36.6 Å². The van der Waals surface area contributed by atoms with Gasteiger partial charge in [-0.1, -0.05) is 17.8 Å². The molecule has 1 aromatic rings. The Balaban J connectivity index is 1.60. The Labute approximate surface area is 164 Å². The second kappa shape index (κ2) is 8.62. The van der Waals surface area contributed by atoms with Gasteiger partial charge in [0, 0.05) is 36.3 Å². The number of nitrogens with one attached hydrogen (secondary N) is 2. The first-order valence-corrected chi connectivity index (χ1v) is 11.8. The average molecular weight is 412 g/mol. The van der Waals surface area contributed by atoms with Gasteiger partial charge in [0.1, 0.15) is 0 Å². The molecule has 9 heteroatoms. The first kappa shape index (κ1) is 20.2. The van der Waals surface area contributed by atoms with Gasteiger partial charge < -0.3 is 15.4 Å². The summed E-state index contributed by atoms with van der Waals surface area (Å²) in [6.07, 6.45) is 0.773. The molecule has 148 valence electrons. The van der Waals surface area contributed by atoms with Crippen LogP contribution in [-0.4, -0.2) is 62.0 Å². The molecule has 0 radical (unpaired) electrons. The topological polar surface area (TPSA) is 96.9 Å². The van der Waals surface area contributed by atoms with E-state index in [0.29, 0.717) is 25.3 Å². The van der Waals surface area contributed by atoms with E-state index in [1.807, 2.05) is 19.9 Å². The Morgan fingerprint density at radius 2 is 2.19 bits per heavy atom. The highest BCUT2D eigenvalue weighted by Gasteiger charge is 2.42. The van der Waals surface area contributed by atoms with E-state index in [2.05, 4.69) is 15.6 Å². The number of amidine groups is 1. The fourth-order valence-electron chi connectivity index (χ4n) is 3.05. The molecule has 0 spiro atoms. The molecular weight excluding hydrogens is 386 g/mol. The molecule has 2 aliphatic heterocycles. The number of carbonyl (C=O) groups is 1. The quantitative estimate of drug-likeness (QED) is 0.665. The van der Waals surface area contributed by atoms with E-state index in [1.165, 1.54) is 11.8 Å². The number of sulfone groups is 1. The lowest BCUT2D eigenvalue weighted by Gasteiger charge is -2.12. The zero-order valence-corrected chi connectivity index (χ0v) is 17.2. The van der Waals surface area contributed by atoms with Crippen molar-refractivity contribution in [3.8, 4) is 0 Å². The van der Waals surface area contributed by atoms with Crippen LogP contribution < -0.4 is 10.6 Å². The Morgan fingerprint density at radius 3 is 2.93 bits per heavy atom. The van der Waals surface area contributed by atoms with Crippen LogP contribution in [0.1, 0.15) is 29.3 Å². The van der Waals surface area contributed by atoms with E-state index >= 15 is 0 Å². The van der Waals surface area contributed by atoms with Crippen LogP contribution in [0.3, 0.4) is 0 Å². The van der Waals surface area contributed by atoms with Gasteiger partial charge in [-0.15, -0.1) is 0 Å². The maximum Gasteiger partial charge on any atom is 0.251 e. The minimum Gasteiger partial charge on any atom is -0.382 e. The minimum absolute atomic E-state index is 0.00497. The molecule has 0 aromatic heterocycles. The third kappa shape index (κ3) is 5.24. The van der Waals surface area contributed by atoms with Crippen LogP contribution >= 0.6 is 11.8 Å². The Kier molecular flexibility index (Phi) is 6.44. The van der Waals surface area contributed by atoms with Gasteiger partial charge >= 0.3 is 0 Å². The summed E-state index contributed by atoms with van der Waals surface area (Å²) >= 11 is 1.47. The van der Waals surface area contributed by atoms with Crippen LogP contribution in [0.25, 0.3) is 0 Å². The van der Waals surface area contributed by atoms with Gasteiger partial charge in [0.25, 0.3) is 5.91 Å². The SMILES string of the molecule is CCOCCCNC(=O)c1ccc(C)c(NC2=N[C@@H]3CS(=O)(=O)C[C@@H]3S2)c1. The smallest absolute Gasteiger partial charge is 0.251 e. The number of aliphatic imine (C=N–C) groups is 1. The summed E-state index contributed by atoms with van der Waals surface area (Å²) in [6, 6.07) is 5.33. The van der Waals surface area contributed by atoms with E-state index < -0.39 is 9.84 Å². The number of fused-ring (bicyclic) bond motifs is 1. The normalized spacial score (nSPS) is 23.0. The predicted molar refractivity (Wildman–Crippen MR) is 110 cm³/mol. The molecule has 1 fully saturated rings. The lowest BCUT2D eigenvalue weighted by Crippen LogP contribution is -2.25. The minimum atomic E-state index is -2.96. The highest BCUT2D eigenvalue weighted by Crippen LogP contribution is 2.35. The number of hydrogen-bond acceptors (Lipinski definition) is 7. The van der Waals surface area contributed by atoms with E-state index in [1.54, 1.807) is 12.1 Å². The molecule has 0 bridgehead atoms. The molecule has 1 aromatic carbocycles. The summed E-state index contributed by atoms with van der Waals surface area (Å²) in [6.45, 7) is 5.77. The van der Waals surface area contributed by atoms with Crippen LogP contribution in [0.5, 0.6) is 0 Å². The van der Waals surface area contributed by atoms with Gasteiger partial charge in [0.05, 0.1) is 17.5 Å². The number of amides is 1. The fourth-order valence-corrected chi connectivity index (χ4v) is 6.72. The fraction of sp³-hybridized carbons (Fsp3) is 0.556. The van der Waals surface area contributed by atoms with Gasteiger partial charge in [-0.2, -0.15) is 0 Å². The van der Waals surface area contributed by atoms with Crippen LogP contribution in [0.2, 0.25) is 0 Å². The van der Waals surface area contributed by atoms with Crippen LogP contribution in [0, 0.1) is 6.92 Å². The molecule has 2 N–H and O–H groups in total. The molecule has 2 atom stereocenters. The number of rotatable bonds is 7. The van der Waals surface area contributed by atoms with Crippen molar-refractivity contribution in [2.45, 2.75) is 31.6 Å². The number of thioether (sulfide) groups is 1. The number of benzene rings is 1. The Bertz CT molecular complexity index is 839. The zero-order chi connectivity index (χ0) is 19.4. The van der Waals surface area contributed by atoms with Gasteiger partial charge in [-0.3, -0.25) is 9.79 Å². The van der Waals surface area contributed by atoms with Crippen molar-refractivity contribution >= 4 is 38.4 Å². The molecule has 3 rings (SSSR count). The molecule has 0 saturated carbocycles. The van der Waals surface area contributed by atoms with E-state index in [4.69, 9.17) is 4.74 Å². The van der Waals surface area contributed by atoms with E-state index in [9.17, 15) is 13.2 Å². The second-order valence-electron chi connectivity index (χ2n) is 6.70. The Hall–Kier alpha value is -1.58. The first-order chi connectivity index (χ1) is 12.9. The predicted octanol–water partition coefficient (Wildman–Crippen LogP) is 1.83. The van der Waals surface area contributed by atoms with Crippen LogP contribution in [0.15, 0.2) is 23.2 Å². The second-order valence-corrected chi connectivity index (χ2v) is 10.1. The summed E-state index contributed by atoms with van der Waals surface area (Å²) in [5, 5.41) is 6.87. The van der Waals surface area contributed by atoms with E-state index in [-0.39, 0.29) is 28.7 Å². The average Bonchev–Trinajstić information content (AvgIpc) is 3.09. The number of nitrogens with zero attached hydrogens (tertiary/aromatic N) is 1. The monoisotopic (exact) mass is 411 g/mol. The lowest BCUT2D eigenvalue weighted by molar-refractivity contribution is 0.0944. The van der Waals surface area contributed by atoms with E-state index in [0.717, 1.165) is 22.8 Å². The summed E-state index contributed by atoms with van der Waals surface area (Å²) in [7, 11) is -2.96. The summed E-state index contributed by atoms with van der Waals surface area (Å²) in [5.41, 5.74) is 2.38. The molecule has 0 aliphatic carbocycles. The number of aryl methyl sites for hydroxylation is 1. The third-order valence-electron chi connectivity index (χ3n) is 4.51. The number of ether oxygens (including phenoxy) is 1. The standard InChI is InChI=1S/C18H25N3O4S2/c1-3-25-8-4-7-19-17(22)13-6-5-12(2)14(9-13)20-18-21-15-10-27(23,24)11-16(15)26-18/h5-6,9,15-16H,3-4,7-8,10-11H2,1-2H3,(H,19,22)(H,20,21)/t15-,16+/m1/s1. The summed E-state index contributed by atoms with van der Waals surface area (Å²) in [4.78, 5) is 16.8. The van der Waals surface area contributed by atoms with Gasteiger partial charge in [0.2, 0.25) is 0 Å². The van der Waals surface area contributed by atoms with Crippen molar-refractivity contribution in [2.24, 2.45) is 4.99 Å². The molecule has 1 saturated heterocycles. The third-order valence-corrected chi connectivity index (χ3v) is 7.66. The maximum absolute atomic E-state index is 12.3. The molecule has 2 aliphatic rings. The lowest BCUT2D eigenvalue weighted by atomic mass is 10.1. The van der Waals surface area contributed by atoms with Crippen molar-refractivity contribution < 1.29 is 17.9 Å². The number of hydrogen-bond donors (Lipinski definition) is 2. The van der Waals surface area contributed by atoms with Crippen molar-refractivity contribution in [3.05, 3.63) is 29.3 Å². The van der Waals surface area contributed by atoms with Crippen molar-refractivity contribution in [3.63, 3.8) is 0 Å². The number of carbonyl (C=O) groups excluding carboxylic acids is 1. The van der Waals surface area contributed by atoms with Crippen LogP contribution in [0.4, 0.5) is 5.69 Å². The highest BCUT2D eigenvalue weighted by atomic mass is 32.2. The first-order valence-electron chi connectivity index (χ1n) is 9.06. The maximum atomic E-state index is 12.3. The molecule has 2 heterocycles. The molecule has 27 heavy (non-hydrogen) atoms. The van der Waals surface area contributed by atoms with Crippen molar-refractivity contribution in [1.29, 1.82) is 0 Å². The van der Waals surface area contributed by atoms with Gasteiger partial charge in [-0.05, 0) is 38.0 Å². The molecular formula is C18H25N3O4S2. The van der Waals surface area contributed by atoms with Crippen LogP contribution in [-0.2, 0) is 14.6 Å². The largest absolute Gasteiger partial charge is 0.382 e. The highest BCUT2D eigenvalue weighted by molar-refractivity contribution is 8.15. The van der Waals surface area contributed by atoms with Gasteiger partial charge in [0.15, 0.2) is 15.0 Å². The van der Waals surface area contributed by atoms with Gasteiger partial charge in [-0.25, -0.2) is 8.42 Å². The summed E-state index contributed by atoms with van der Waals surface area (Å²) in [5.74, 6) is 0.178. The number of anilines is 1. The Morgan fingerprint density at radius 1 is 1.37 bits per heavy atom. The molecule has 7 nitrogen and oxygen atoms in total. The summed E-state index contributed by atoms with van der Waals surface area (Å²) < 4.78 is 28.6. The zero-order valence-electron chi connectivity index (χ0n) is 15.5. The van der Waals surface area contributed by atoms with Crippen molar-refractivity contribution in [1.82, 2.24) is 5.32 Å².